The number of carbonyl (C=O) groups excluding carboxylic acids is 1. The summed E-state index contributed by atoms with van der Waals surface area (Å²) in [5.41, 5.74) is 4.10. The smallest absolute Gasteiger partial charge is 0.227 e. The predicted molar refractivity (Wildman–Crippen MR) is 93.8 cm³/mol. The second kappa shape index (κ2) is 6.42. The van der Waals surface area contributed by atoms with E-state index in [1.807, 2.05) is 48.5 Å². The summed E-state index contributed by atoms with van der Waals surface area (Å²) < 4.78 is 5.81. The summed E-state index contributed by atoms with van der Waals surface area (Å²) in [7, 11) is 0. The number of amides is 1. The Balaban J connectivity index is 1.48. The van der Waals surface area contributed by atoms with Crippen LogP contribution in [0.1, 0.15) is 23.7 Å². The van der Waals surface area contributed by atoms with Gasteiger partial charge in [0.05, 0.1) is 24.6 Å². The van der Waals surface area contributed by atoms with Crippen LogP contribution in [0.4, 0.5) is 5.69 Å². The van der Waals surface area contributed by atoms with Crippen molar-refractivity contribution < 1.29 is 9.53 Å². The van der Waals surface area contributed by atoms with E-state index in [4.69, 9.17) is 4.74 Å². The highest BCUT2D eigenvalue weighted by molar-refractivity contribution is 5.93. The standard InChI is InChI=1S/C20H18N2O2/c23-20(13-19-17-6-2-1-4-14(17)9-11-24-19)22-16-7-8-18-15(12-16)5-3-10-21-18/h1-8,10,12,19H,9,11,13H2,(H,22,23). The van der Waals surface area contributed by atoms with Crippen LogP contribution in [0, 0.1) is 0 Å². The van der Waals surface area contributed by atoms with Gasteiger partial charge in [-0.1, -0.05) is 30.3 Å². The number of carbonyl (C=O) groups is 1. The number of pyridine rings is 1. The molecule has 1 unspecified atom stereocenters. The number of fused-ring (bicyclic) bond motifs is 2. The van der Waals surface area contributed by atoms with Gasteiger partial charge < -0.3 is 10.1 Å². The van der Waals surface area contributed by atoms with Crippen LogP contribution in [-0.2, 0) is 16.0 Å². The quantitative estimate of drug-likeness (QED) is 0.797. The molecule has 24 heavy (non-hydrogen) atoms. The first-order valence-corrected chi connectivity index (χ1v) is 8.14. The summed E-state index contributed by atoms with van der Waals surface area (Å²) >= 11 is 0. The number of nitrogens with zero attached hydrogens (tertiary/aromatic N) is 1. The lowest BCUT2D eigenvalue weighted by Gasteiger charge is -2.25. The number of hydrogen-bond donors (Lipinski definition) is 1. The first kappa shape index (κ1) is 14.8. The minimum absolute atomic E-state index is 0.0417. The van der Waals surface area contributed by atoms with Gasteiger partial charge in [0.15, 0.2) is 0 Å². The minimum Gasteiger partial charge on any atom is -0.373 e. The van der Waals surface area contributed by atoms with Gasteiger partial charge in [0, 0.05) is 17.3 Å². The molecule has 0 fully saturated rings. The highest BCUT2D eigenvalue weighted by Crippen LogP contribution is 2.29. The maximum Gasteiger partial charge on any atom is 0.227 e. The van der Waals surface area contributed by atoms with E-state index in [0.717, 1.165) is 28.6 Å². The fourth-order valence-corrected chi connectivity index (χ4v) is 3.18. The molecule has 0 spiro atoms. The lowest BCUT2D eigenvalue weighted by molar-refractivity contribution is -0.119. The zero-order valence-corrected chi connectivity index (χ0v) is 13.2. The minimum atomic E-state index is -0.169. The fourth-order valence-electron chi connectivity index (χ4n) is 3.18. The molecule has 4 nitrogen and oxygen atoms in total. The number of benzene rings is 2. The third kappa shape index (κ3) is 3.01. The van der Waals surface area contributed by atoms with Gasteiger partial charge in [-0.05, 0) is 41.8 Å². The Kier molecular flexibility index (Phi) is 3.97. The van der Waals surface area contributed by atoms with Gasteiger partial charge in [0.1, 0.15) is 0 Å². The summed E-state index contributed by atoms with van der Waals surface area (Å²) in [5.74, 6) is -0.0417. The third-order valence-electron chi connectivity index (χ3n) is 4.35. The molecule has 3 aromatic rings. The fraction of sp³-hybridized carbons (Fsp3) is 0.200. The molecule has 1 N–H and O–H groups in total. The average molecular weight is 318 g/mol. The lowest BCUT2D eigenvalue weighted by atomic mass is 9.95. The van der Waals surface area contributed by atoms with Gasteiger partial charge >= 0.3 is 0 Å². The Labute approximate surface area is 140 Å². The van der Waals surface area contributed by atoms with E-state index >= 15 is 0 Å². The molecule has 0 radical (unpaired) electrons. The molecule has 4 heteroatoms. The Bertz CT molecular complexity index is 891. The van der Waals surface area contributed by atoms with Crippen LogP contribution < -0.4 is 5.32 Å². The van der Waals surface area contributed by atoms with Crippen LogP contribution in [-0.4, -0.2) is 17.5 Å². The molecule has 2 aromatic carbocycles. The molecule has 1 aliphatic rings. The van der Waals surface area contributed by atoms with Gasteiger partial charge in [-0.3, -0.25) is 9.78 Å². The number of nitrogens with one attached hydrogen (secondary N) is 1. The highest BCUT2D eigenvalue weighted by Gasteiger charge is 2.23. The number of hydrogen-bond acceptors (Lipinski definition) is 3. The first-order chi connectivity index (χ1) is 11.8. The van der Waals surface area contributed by atoms with Gasteiger partial charge in [0.2, 0.25) is 5.91 Å². The van der Waals surface area contributed by atoms with Crippen molar-refractivity contribution >= 4 is 22.5 Å². The molecule has 4 rings (SSSR count). The predicted octanol–water partition coefficient (Wildman–Crippen LogP) is 3.88. The largest absolute Gasteiger partial charge is 0.373 e. The monoisotopic (exact) mass is 318 g/mol. The molecule has 0 aliphatic carbocycles. The molecule has 1 atom stereocenters. The normalized spacial score (nSPS) is 16.6. The van der Waals surface area contributed by atoms with Crippen LogP contribution in [0.5, 0.6) is 0 Å². The summed E-state index contributed by atoms with van der Waals surface area (Å²) in [6, 6.07) is 17.8. The molecule has 1 amide bonds. The zero-order valence-electron chi connectivity index (χ0n) is 13.2. The van der Waals surface area contributed by atoms with Crippen molar-refractivity contribution in [1.29, 1.82) is 0 Å². The molecule has 1 aromatic heterocycles. The average Bonchev–Trinajstić information content (AvgIpc) is 2.62. The van der Waals surface area contributed by atoms with Crippen molar-refractivity contribution in [2.24, 2.45) is 0 Å². The van der Waals surface area contributed by atoms with Crippen LogP contribution >= 0.6 is 0 Å². The summed E-state index contributed by atoms with van der Waals surface area (Å²) in [4.78, 5) is 16.7. The molecule has 0 saturated carbocycles. The van der Waals surface area contributed by atoms with Crippen LogP contribution in [0.25, 0.3) is 10.9 Å². The number of anilines is 1. The van der Waals surface area contributed by atoms with E-state index < -0.39 is 0 Å². The van der Waals surface area contributed by atoms with Crippen molar-refractivity contribution in [2.45, 2.75) is 18.9 Å². The number of rotatable bonds is 3. The highest BCUT2D eigenvalue weighted by atomic mass is 16.5. The van der Waals surface area contributed by atoms with Crippen LogP contribution in [0.3, 0.4) is 0 Å². The topological polar surface area (TPSA) is 51.2 Å². The molecule has 0 saturated heterocycles. The number of aromatic nitrogens is 1. The van der Waals surface area contributed by atoms with E-state index in [0.29, 0.717) is 13.0 Å². The van der Waals surface area contributed by atoms with Crippen LogP contribution in [0.15, 0.2) is 60.8 Å². The second-order valence-corrected chi connectivity index (χ2v) is 5.97. The van der Waals surface area contributed by atoms with Gasteiger partial charge in [0.25, 0.3) is 0 Å². The van der Waals surface area contributed by atoms with Gasteiger partial charge in [-0.25, -0.2) is 0 Å². The first-order valence-electron chi connectivity index (χ1n) is 8.14. The van der Waals surface area contributed by atoms with E-state index in [1.165, 1.54) is 5.56 Å². The Morgan fingerprint density at radius 3 is 3.04 bits per heavy atom. The van der Waals surface area contributed by atoms with E-state index in [2.05, 4.69) is 16.4 Å². The lowest BCUT2D eigenvalue weighted by Crippen LogP contribution is -2.22. The molecule has 1 aliphatic heterocycles. The van der Waals surface area contributed by atoms with E-state index in [1.54, 1.807) is 6.20 Å². The SMILES string of the molecule is O=C(CC1OCCc2ccccc21)Nc1ccc2ncccc2c1. The van der Waals surface area contributed by atoms with Crippen molar-refractivity contribution in [3.63, 3.8) is 0 Å². The zero-order chi connectivity index (χ0) is 16.4. The Morgan fingerprint density at radius 1 is 1.17 bits per heavy atom. The van der Waals surface area contributed by atoms with E-state index in [-0.39, 0.29) is 12.0 Å². The van der Waals surface area contributed by atoms with Crippen molar-refractivity contribution in [3.8, 4) is 0 Å². The van der Waals surface area contributed by atoms with E-state index in [9.17, 15) is 4.79 Å². The molecule has 120 valence electrons. The maximum atomic E-state index is 12.4. The molecule has 0 bridgehead atoms. The molecular weight excluding hydrogens is 300 g/mol. The Hall–Kier alpha value is -2.72. The Morgan fingerprint density at radius 2 is 2.08 bits per heavy atom. The molecule has 2 heterocycles. The number of ether oxygens (including phenoxy) is 1. The maximum absolute atomic E-state index is 12.4. The van der Waals surface area contributed by atoms with Crippen molar-refractivity contribution in [1.82, 2.24) is 4.98 Å². The summed E-state index contributed by atoms with van der Waals surface area (Å²) in [6.07, 6.45) is 2.82. The van der Waals surface area contributed by atoms with Crippen LogP contribution in [0.2, 0.25) is 0 Å². The second-order valence-electron chi connectivity index (χ2n) is 5.97. The van der Waals surface area contributed by atoms with Gasteiger partial charge in [-0.2, -0.15) is 0 Å². The summed E-state index contributed by atoms with van der Waals surface area (Å²) in [5, 5.41) is 3.97. The van der Waals surface area contributed by atoms with Crippen molar-refractivity contribution in [2.75, 3.05) is 11.9 Å². The third-order valence-corrected chi connectivity index (χ3v) is 4.35. The van der Waals surface area contributed by atoms with Crippen molar-refractivity contribution in [3.05, 3.63) is 71.9 Å². The van der Waals surface area contributed by atoms with Gasteiger partial charge in [-0.15, -0.1) is 0 Å². The molecular formula is C20H18N2O2. The summed E-state index contributed by atoms with van der Waals surface area (Å²) in [6.45, 7) is 0.663.